The molecule has 1 fully saturated rings. The molecule has 0 radical (unpaired) electrons. The highest BCUT2D eigenvalue weighted by atomic mass is 16.1. The van der Waals surface area contributed by atoms with Crippen LogP contribution in [0.1, 0.15) is 30.1 Å². The van der Waals surface area contributed by atoms with E-state index < -0.39 is 0 Å². The van der Waals surface area contributed by atoms with Crippen LogP contribution in [-0.2, 0) is 0 Å². The monoisotopic (exact) mass is 205 g/mol. The quantitative estimate of drug-likeness (QED) is 0.778. The van der Waals surface area contributed by atoms with Gasteiger partial charge in [-0.05, 0) is 18.4 Å². The first-order valence-electron chi connectivity index (χ1n) is 5.22. The molecule has 0 spiro atoms. The van der Waals surface area contributed by atoms with E-state index in [0.29, 0.717) is 23.2 Å². The summed E-state index contributed by atoms with van der Waals surface area (Å²) in [6.07, 6.45) is 5.29. The maximum Gasteiger partial charge on any atom is 0.253 e. The fraction of sp³-hybridized carbons (Fsp3) is 0.455. The Hall–Kier alpha value is -1.58. The van der Waals surface area contributed by atoms with Crippen LogP contribution < -0.4 is 11.1 Å². The molecule has 1 aliphatic rings. The third-order valence-electron chi connectivity index (χ3n) is 2.86. The highest BCUT2D eigenvalue weighted by Crippen LogP contribution is 2.33. The zero-order valence-corrected chi connectivity index (χ0v) is 8.73. The van der Waals surface area contributed by atoms with Gasteiger partial charge in [-0.25, -0.2) is 0 Å². The summed E-state index contributed by atoms with van der Waals surface area (Å²) >= 11 is 0. The number of amides is 1. The average Bonchev–Trinajstić information content (AvgIpc) is 2.97. The fourth-order valence-electron chi connectivity index (χ4n) is 1.74. The lowest BCUT2D eigenvalue weighted by atomic mass is 10.2. The first kappa shape index (κ1) is 9.96. The standard InChI is InChI=1S/C11H15N3O/c1-2-7-5-10(7)14-11(15)8-3-4-13-6-9(8)12/h3-4,6-7,10H,2,5,12H2,1H3,(H,14,15). The Morgan fingerprint density at radius 1 is 1.73 bits per heavy atom. The number of hydrogen-bond donors (Lipinski definition) is 2. The van der Waals surface area contributed by atoms with E-state index in [4.69, 9.17) is 5.73 Å². The van der Waals surface area contributed by atoms with Crippen molar-refractivity contribution < 1.29 is 4.79 Å². The predicted molar refractivity (Wildman–Crippen MR) is 58.3 cm³/mol. The molecule has 4 nitrogen and oxygen atoms in total. The number of carbonyl (C=O) groups is 1. The molecule has 15 heavy (non-hydrogen) atoms. The molecule has 80 valence electrons. The SMILES string of the molecule is CCC1CC1NC(=O)c1ccncc1N. The van der Waals surface area contributed by atoms with Crippen molar-refractivity contribution in [1.29, 1.82) is 0 Å². The number of aromatic nitrogens is 1. The minimum atomic E-state index is -0.0872. The van der Waals surface area contributed by atoms with Gasteiger partial charge in [-0.1, -0.05) is 13.3 Å². The van der Waals surface area contributed by atoms with Gasteiger partial charge in [0.2, 0.25) is 0 Å². The second-order valence-corrected chi connectivity index (χ2v) is 3.95. The Morgan fingerprint density at radius 2 is 2.53 bits per heavy atom. The van der Waals surface area contributed by atoms with Crippen LogP contribution in [0.4, 0.5) is 5.69 Å². The topological polar surface area (TPSA) is 68.0 Å². The molecule has 1 aromatic rings. The Balaban J connectivity index is 2.00. The zero-order valence-electron chi connectivity index (χ0n) is 8.73. The molecule has 4 heteroatoms. The summed E-state index contributed by atoms with van der Waals surface area (Å²) in [5.74, 6) is 0.563. The van der Waals surface area contributed by atoms with Crippen molar-refractivity contribution in [2.45, 2.75) is 25.8 Å². The number of carbonyl (C=O) groups excluding carboxylic acids is 1. The molecule has 0 aliphatic heterocycles. The number of nitrogens with two attached hydrogens (primary N) is 1. The minimum absolute atomic E-state index is 0.0872. The van der Waals surface area contributed by atoms with Gasteiger partial charge in [-0.2, -0.15) is 0 Å². The first-order valence-corrected chi connectivity index (χ1v) is 5.22. The summed E-state index contributed by atoms with van der Waals surface area (Å²) in [6, 6.07) is 1.99. The molecule has 1 heterocycles. The lowest BCUT2D eigenvalue weighted by Crippen LogP contribution is -2.27. The zero-order chi connectivity index (χ0) is 10.8. The number of rotatable bonds is 3. The second kappa shape index (κ2) is 3.88. The van der Waals surface area contributed by atoms with E-state index in [1.165, 1.54) is 6.20 Å². The summed E-state index contributed by atoms with van der Waals surface area (Å²) in [5.41, 5.74) is 6.62. The summed E-state index contributed by atoms with van der Waals surface area (Å²) in [4.78, 5) is 15.6. The van der Waals surface area contributed by atoms with E-state index in [1.807, 2.05) is 0 Å². The molecule has 0 saturated heterocycles. The molecule has 2 rings (SSSR count). The Morgan fingerprint density at radius 3 is 3.13 bits per heavy atom. The number of pyridine rings is 1. The van der Waals surface area contributed by atoms with Gasteiger partial charge in [-0.15, -0.1) is 0 Å². The maximum atomic E-state index is 11.8. The van der Waals surface area contributed by atoms with Gasteiger partial charge in [0.1, 0.15) is 0 Å². The van der Waals surface area contributed by atoms with Gasteiger partial charge in [-0.3, -0.25) is 9.78 Å². The molecule has 2 unspecified atom stereocenters. The van der Waals surface area contributed by atoms with Gasteiger partial charge in [0.05, 0.1) is 17.4 Å². The van der Waals surface area contributed by atoms with Crippen molar-refractivity contribution in [2.24, 2.45) is 5.92 Å². The molecule has 1 aromatic heterocycles. The maximum absolute atomic E-state index is 11.8. The van der Waals surface area contributed by atoms with E-state index in [1.54, 1.807) is 12.3 Å². The van der Waals surface area contributed by atoms with E-state index in [-0.39, 0.29) is 5.91 Å². The first-order chi connectivity index (χ1) is 7.22. The third-order valence-corrected chi connectivity index (χ3v) is 2.86. The number of hydrogen-bond acceptors (Lipinski definition) is 3. The largest absolute Gasteiger partial charge is 0.397 e. The number of nitrogen functional groups attached to an aromatic ring is 1. The molecule has 0 aromatic carbocycles. The Kier molecular flexibility index (Phi) is 2.58. The van der Waals surface area contributed by atoms with Crippen LogP contribution in [-0.4, -0.2) is 16.9 Å². The van der Waals surface area contributed by atoms with E-state index in [9.17, 15) is 4.79 Å². The van der Waals surface area contributed by atoms with Crippen molar-refractivity contribution in [3.63, 3.8) is 0 Å². The van der Waals surface area contributed by atoms with Crippen LogP contribution in [0.3, 0.4) is 0 Å². The number of anilines is 1. The van der Waals surface area contributed by atoms with Crippen LogP contribution in [0.2, 0.25) is 0 Å². The molecule has 1 aliphatic carbocycles. The lowest BCUT2D eigenvalue weighted by Gasteiger charge is -2.05. The molecule has 0 bridgehead atoms. The van der Waals surface area contributed by atoms with E-state index in [2.05, 4.69) is 17.2 Å². The van der Waals surface area contributed by atoms with Crippen molar-refractivity contribution in [2.75, 3.05) is 5.73 Å². The summed E-state index contributed by atoms with van der Waals surface area (Å²) in [7, 11) is 0. The van der Waals surface area contributed by atoms with E-state index in [0.717, 1.165) is 12.8 Å². The minimum Gasteiger partial charge on any atom is -0.397 e. The molecule has 2 atom stereocenters. The molecular weight excluding hydrogens is 190 g/mol. The third kappa shape index (κ3) is 2.09. The highest BCUT2D eigenvalue weighted by Gasteiger charge is 2.36. The Bertz CT molecular complexity index is 378. The van der Waals surface area contributed by atoms with Crippen molar-refractivity contribution in [3.05, 3.63) is 24.0 Å². The molecular formula is C11H15N3O. The van der Waals surface area contributed by atoms with Gasteiger partial charge >= 0.3 is 0 Å². The second-order valence-electron chi connectivity index (χ2n) is 3.95. The molecule has 3 N–H and O–H groups in total. The van der Waals surface area contributed by atoms with Crippen molar-refractivity contribution >= 4 is 11.6 Å². The van der Waals surface area contributed by atoms with E-state index >= 15 is 0 Å². The summed E-state index contributed by atoms with van der Waals surface area (Å²) in [5, 5.41) is 2.97. The molecule has 1 amide bonds. The van der Waals surface area contributed by atoms with Crippen LogP contribution in [0.5, 0.6) is 0 Å². The predicted octanol–water partition coefficient (Wildman–Crippen LogP) is 1.19. The lowest BCUT2D eigenvalue weighted by molar-refractivity contribution is 0.0950. The highest BCUT2D eigenvalue weighted by molar-refractivity contribution is 5.99. The van der Waals surface area contributed by atoms with Gasteiger partial charge in [0.25, 0.3) is 5.91 Å². The smallest absolute Gasteiger partial charge is 0.253 e. The van der Waals surface area contributed by atoms with Crippen molar-refractivity contribution in [1.82, 2.24) is 10.3 Å². The normalized spacial score (nSPS) is 23.5. The van der Waals surface area contributed by atoms with Crippen molar-refractivity contribution in [3.8, 4) is 0 Å². The van der Waals surface area contributed by atoms with Gasteiger partial charge < -0.3 is 11.1 Å². The Labute approximate surface area is 88.9 Å². The van der Waals surface area contributed by atoms with Crippen LogP contribution in [0.25, 0.3) is 0 Å². The number of nitrogens with zero attached hydrogens (tertiary/aromatic N) is 1. The summed E-state index contributed by atoms with van der Waals surface area (Å²) < 4.78 is 0. The summed E-state index contributed by atoms with van der Waals surface area (Å²) in [6.45, 7) is 2.14. The van der Waals surface area contributed by atoms with Gasteiger partial charge in [0.15, 0.2) is 0 Å². The number of nitrogens with one attached hydrogen (secondary N) is 1. The van der Waals surface area contributed by atoms with Crippen LogP contribution in [0.15, 0.2) is 18.5 Å². The van der Waals surface area contributed by atoms with Crippen LogP contribution in [0, 0.1) is 5.92 Å². The molecule has 1 saturated carbocycles. The van der Waals surface area contributed by atoms with Crippen LogP contribution >= 0.6 is 0 Å². The average molecular weight is 205 g/mol. The van der Waals surface area contributed by atoms with Gasteiger partial charge in [0, 0.05) is 12.2 Å². The fourth-order valence-corrected chi connectivity index (χ4v) is 1.74.